The number of hydrogen-bond donors (Lipinski definition) is 1. The number of amides is 1. The van der Waals surface area contributed by atoms with E-state index in [2.05, 4.69) is 22.0 Å². The first-order valence-corrected chi connectivity index (χ1v) is 8.56. The van der Waals surface area contributed by atoms with Crippen LogP contribution in [0.3, 0.4) is 0 Å². The summed E-state index contributed by atoms with van der Waals surface area (Å²) in [6.07, 6.45) is 7.59. The summed E-state index contributed by atoms with van der Waals surface area (Å²) in [6, 6.07) is 0.865. The maximum absolute atomic E-state index is 12.8. The van der Waals surface area contributed by atoms with Gasteiger partial charge in [-0.05, 0) is 38.1 Å². The molecule has 0 radical (unpaired) electrons. The Bertz CT molecular complexity index is 341. The Hall–Kier alpha value is -0.610. The van der Waals surface area contributed by atoms with E-state index in [4.69, 9.17) is 0 Å². The lowest BCUT2D eigenvalue weighted by atomic mass is 9.98. The molecule has 3 aliphatic rings. The Morgan fingerprint density at radius 3 is 2.65 bits per heavy atom. The Kier molecular flexibility index (Phi) is 4.61. The third-order valence-corrected chi connectivity index (χ3v) is 5.58. The van der Waals surface area contributed by atoms with Gasteiger partial charge >= 0.3 is 0 Å². The molecule has 20 heavy (non-hydrogen) atoms. The molecule has 3 atom stereocenters. The van der Waals surface area contributed by atoms with Crippen LogP contribution in [0.1, 0.15) is 45.4 Å². The third kappa shape index (κ3) is 2.73. The summed E-state index contributed by atoms with van der Waals surface area (Å²) >= 11 is 0. The van der Waals surface area contributed by atoms with Crippen LogP contribution in [0.15, 0.2) is 0 Å². The van der Waals surface area contributed by atoms with Crippen molar-refractivity contribution in [3.05, 3.63) is 0 Å². The van der Waals surface area contributed by atoms with Crippen LogP contribution in [0.2, 0.25) is 0 Å². The lowest BCUT2D eigenvalue weighted by molar-refractivity contribution is -0.137. The fourth-order valence-corrected chi connectivity index (χ4v) is 4.48. The minimum Gasteiger partial charge on any atom is -0.339 e. The standard InChI is InChI=1S/C16H29N3O/c1-2-13-5-3-6-14(13)19-10-4-7-15(19)16(20)18-11-8-17-9-12-18/h13-15,17H,2-12H2,1H3. The van der Waals surface area contributed by atoms with Crippen LogP contribution in [0.4, 0.5) is 0 Å². The first-order valence-electron chi connectivity index (χ1n) is 8.56. The number of piperazine rings is 1. The van der Waals surface area contributed by atoms with Gasteiger partial charge in [0.15, 0.2) is 0 Å². The summed E-state index contributed by atoms with van der Waals surface area (Å²) in [5.74, 6) is 1.23. The highest BCUT2D eigenvalue weighted by Crippen LogP contribution is 2.36. The SMILES string of the molecule is CCC1CCCC1N1CCCC1C(=O)N1CCNCC1. The van der Waals surface area contributed by atoms with Gasteiger partial charge in [-0.3, -0.25) is 9.69 Å². The zero-order chi connectivity index (χ0) is 13.9. The zero-order valence-electron chi connectivity index (χ0n) is 12.8. The Labute approximate surface area is 122 Å². The van der Waals surface area contributed by atoms with Gasteiger partial charge < -0.3 is 10.2 Å². The zero-order valence-corrected chi connectivity index (χ0v) is 12.8. The van der Waals surface area contributed by atoms with Crippen molar-refractivity contribution in [2.24, 2.45) is 5.92 Å². The molecule has 0 bridgehead atoms. The average Bonchev–Trinajstić information content (AvgIpc) is 3.15. The van der Waals surface area contributed by atoms with E-state index in [0.29, 0.717) is 11.9 Å². The summed E-state index contributed by atoms with van der Waals surface area (Å²) in [5.41, 5.74) is 0. The van der Waals surface area contributed by atoms with Crippen molar-refractivity contribution in [3.8, 4) is 0 Å². The molecule has 1 saturated carbocycles. The van der Waals surface area contributed by atoms with E-state index in [1.165, 1.54) is 32.1 Å². The number of nitrogens with zero attached hydrogens (tertiary/aromatic N) is 2. The largest absolute Gasteiger partial charge is 0.339 e. The van der Waals surface area contributed by atoms with Crippen LogP contribution in [0.5, 0.6) is 0 Å². The molecular weight excluding hydrogens is 250 g/mol. The van der Waals surface area contributed by atoms with Gasteiger partial charge in [-0.25, -0.2) is 0 Å². The lowest BCUT2D eigenvalue weighted by Crippen LogP contribution is -2.54. The number of rotatable bonds is 3. The molecule has 1 amide bonds. The molecule has 1 N–H and O–H groups in total. The summed E-state index contributed by atoms with van der Waals surface area (Å²) in [6.45, 7) is 7.16. The van der Waals surface area contributed by atoms with E-state index in [9.17, 15) is 4.79 Å². The minimum absolute atomic E-state index is 0.185. The second-order valence-electron chi connectivity index (χ2n) is 6.64. The summed E-state index contributed by atoms with van der Waals surface area (Å²) in [4.78, 5) is 17.5. The molecule has 4 nitrogen and oxygen atoms in total. The maximum Gasteiger partial charge on any atom is 0.240 e. The van der Waals surface area contributed by atoms with Gasteiger partial charge in [-0.1, -0.05) is 19.8 Å². The molecule has 0 aromatic carbocycles. The Balaban J connectivity index is 1.66. The van der Waals surface area contributed by atoms with Crippen LogP contribution in [0.25, 0.3) is 0 Å². The van der Waals surface area contributed by atoms with Crippen molar-refractivity contribution in [2.75, 3.05) is 32.7 Å². The molecule has 1 aliphatic carbocycles. The monoisotopic (exact) mass is 279 g/mol. The Morgan fingerprint density at radius 1 is 1.10 bits per heavy atom. The summed E-state index contributed by atoms with van der Waals surface area (Å²) < 4.78 is 0. The summed E-state index contributed by atoms with van der Waals surface area (Å²) in [7, 11) is 0. The second kappa shape index (κ2) is 6.44. The molecule has 4 heteroatoms. The van der Waals surface area contributed by atoms with E-state index < -0.39 is 0 Å². The van der Waals surface area contributed by atoms with E-state index in [1.54, 1.807) is 0 Å². The van der Waals surface area contributed by atoms with Crippen LogP contribution < -0.4 is 5.32 Å². The number of nitrogens with one attached hydrogen (secondary N) is 1. The first kappa shape index (κ1) is 14.3. The fraction of sp³-hybridized carbons (Fsp3) is 0.938. The van der Waals surface area contributed by atoms with Gasteiger partial charge in [-0.2, -0.15) is 0 Å². The van der Waals surface area contributed by atoms with Crippen molar-refractivity contribution in [1.82, 2.24) is 15.1 Å². The van der Waals surface area contributed by atoms with E-state index in [1.807, 2.05) is 0 Å². The third-order valence-electron chi connectivity index (χ3n) is 5.58. The first-order chi connectivity index (χ1) is 9.81. The molecule has 2 heterocycles. The fourth-order valence-electron chi connectivity index (χ4n) is 4.48. The van der Waals surface area contributed by atoms with Gasteiger partial charge in [0.25, 0.3) is 0 Å². The molecule has 0 spiro atoms. The summed E-state index contributed by atoms with van der Waals surface area (Å²) in [5, 5.41) is 3.34. The van der Waals surface area contributed by atoms with E-state index in [0.717, 1.165) is 45.1 Å². The maximum atomic E-state index is 12.8. The number of hydrogen-bond acceptors (Lipinski definition) is 3. The quantitative estimate of drug-likeness (QED) is 0.849. The second-order valence-corrected chi connectivity index (χ2v) is 6.64. The lowest BCUT2D eigenvalue weighted by Gasteiger charge is -2.37. The highest BCUT2D eigenvalue weighted by Gasteiger charge is 2.41. The molecule has 0 aromatic heterocycles. The van der Waals surface area contributed by atoms with Gasteiger partial charge in [-0.15, -0.1) is 0 Å². The van der Waals surface area contributed by atoms with Crippen LogP contribution >= 0.6 is 0 Å². The van der Waals surface area contributed by atoms with Crippen molar-refractivity contribution in [3.63, 3.8) is 0 Å². The average molecular weight is 279 g/mol. The number of carbonyl (C=O) groups excluding carboxylic acids is 1. The van der Waals surface area contributed by atoms with Gasteiger partial charge in [0.1, 0.15) is 0 Å². The van der Waals surface area contributed by atoms with Crippen LogP contribution in [0, 0.1) is 5.92 Å². The minimum atomic E-state index is 0.185. The molecular formula is C16H29N3O. The van der Waals surface area contributed by atoms with Crippen molar-refractivity contribution in [2.45, 2.75) is 57.5 Å². The van der Waals surface area contributed by atoms with E-state index in [-0.39, 0.29) is 6.04 Å². The molecule has 3 unspecified atom stereocenters. The normalized spacial score (nSPS) is 35.6. The van der Waals surface area contributed by atoms with Crippen LogP contribution in [-0.2, 0) is 4.79 Å². The highest BCUT2D eigenvalue weighted by molar-refractivity contribution is 5.82. The molecule has 3 fully saturated rings. The highest BCUT2D eigenvalue weighted by atomic mass is 16.2. The van der Waals surface area contributed by atoms with Crippen molar-refractivity contribution in [1.29, 1.82) is 0 Å². The molecule has 114 valence electrons. The predicted octanol–water partition coefficient (Wildman–Crippen LogP) is 1.46. The predicted molar refractivity (Wildman–Crippen MR) is 80.6 cm³/mol. The van der Waals surface area contributed by atoms with E-state index >= 15 is 0 Å². The molecule has 2 saturated heterocycles. The molecule has 2 aliphatic heterocycles. The van der Waals surface area contributed by atoms with Crippen molar-refractivity contribution >= 4 is 5.91 Å². The van der Waals surface area contributed by atoms with Gasteiger partial charge in [0.05, 0.1) is 6.04 Å². The topological polar surface area (TPSA) is 35.6 Å². The smallest absolute Gasteiger partial charge is 0.240 e. The molecule has 3 rings (SSSR count). The van der Waals surface area contributed by atoms with Crippen molar-refractivity contribution < 1.29 is 4.79 Å². The van der Waals surface area contributed by atoms with Gasteiger partial charge in [0.2, 0.25) is 5.91 Å². The number of carbonyl (C=O) groups is 1. The van der Waals surface area contributed by atoms with Gasteiger partial charge in [0, 0.05) is 32.2 Å². The number of likely N-dealkylation sites (tertiary alicyclic amines) is 1. The molecule has 0 aromatic rings. The van der Waals surface area contributed by atoms with Crippen LogP contribution in [-0.4, -0.2) is 60.5 Å². The Morgan fingerprint density at radius 2 is 1.90 bits per heavy atom.